The molecule has 0 aliphatic heterocycles. The third-order valence-electron chi connectivity index (χ3n) is 1.83. The molecular weight excluding hydrogens is 223 g/mol. The first-order valence-electron chi connectivity index (χ1n) is 4.84. The molecule has 0 aliphatic rings. The van der Waals surface area contributed by atoms with Crippen molar-refractivity contribution in [3.05, 3.63) is 58.5 Å². The molecule has 0 amide bonds. The second-order valence-electron chi connectivity index (χ2n) is 3.39. The predicted molar refractivity (Wildman–Crippen MR) is 67.9 cm³/mol. The van der Waals surface area contributed by atoms with Crippen LogP contribution in [-0.4, -0.2) is 0 Å². The van der Waals surface area contributed by atoms with Gasteiger partial charge < -0.3 is 11.5 Å². The average molecular weight is 238 g/mol. The molecule has 0 atom stereocenters. The van der Waals surface area contributed by atoms with Crippen LogP contribution in [0, 0.1) is 5.82 Å². The van der Waals surface area contributed by atoms with Crippen LogP contribution in [0.4, 0.5) is 4.39 Å². The summed E-state index contributed by atoms with van der Waals surface area (Å²) in [6.07, 6.45) is 3.52. The Morgan fingerprint density at radius 2 is 1.88 bits per heavy atom. The van der Waals surface area contributed by atoms with Crippen LogP contribution in [0.3, 0.4) is 0 Å². The summed E-state index contributed by atoms with van der Waals surface area (Å²) in [5.74, 6) is 0.499. The predicted octanol–water partition coefficient (Wildman–Crippen LogP) is 2.72. The van der Waals surface area contributed by atoms with E-state index >= 15 is 0 Å². The minimum absolute atomic E-state index is 0.223. The molecule has 0 aliphatic carbocycles. The van der Waals surface area contributed by atoms with Gasteiger partial charge in [0.1, 0.15) is 5.82 Å². The zero-order valence-corrected chi connectivity index (χ0v) is 9.93. The van der Waals surface area contributed by atoms with Crippen molar-refractivity contribution in [2.45, 2.75) is 12.7 Å². The van der Waals surface area contributed by atoms with Crippen molar-refractivity contribution in [2.24, 2.45) is 11.5 Å². The van der Waals surface area contributed by atoms with E-state index < -0.39 is 0 Å². The fraction of sp³-hybridized carbons (Fsp3) is 0.167. The summed E-state index contributed by atoms with van der Waals surface area (Å²) < 4.78 is 12.6. The molecule has 16 heavy (non-hydrogen) atoms. The van der Waals surface area contributed by atoms with Crippen molar-refractivity contribution in [1.29, 1.82) is 0 Å². The Bertz CT molecular complexity index is 392. The molecule has 0 bridgehead atoms. The molecule has 0 saturated heterocycles. The molecule has 0 saturated carbocycles. The third-order valence-corrected chi connectivity index (χ3v) is 2.78. The van der Waals surface area contributed by atoms with Gasteiger partial charge in [0, 0.05) is 11.4 Å². The maximum Gasteiger partial charge on any atom is 0.123 e. The van der Waals surface area contributed by atoms with E-state index in [0.717, 1.165) is 11.3 Å². The van der Waals surface area contributed by atoms with E-state index in [1.807, 2.05) is 0 Å². The first-order chi connectivity index (χ1) is 7.58. The van der Waals surface area contributed by atoms with E-state index in [4.69, 9.17) is 11.5 Å². The number of nitrogens with two attached hydrogens (primary N) is 2. The Morgan fingerprint density at radius 3 is 2.44 bits per heavy atom. The molecule has 4 heteroatoms. The molecule has 2 nitrogen and oxygen atoms in total. The first-order valence-corrected chi connectivity index (χ1v) is 5.83. The number of hydrogen-bond acceptors (Lipinski definition) is 3. The topological polar surface area (TPSA) is 52.0 Å². The van der Waals surface area contributed by atoms with Crippen molar-refractivity contribution in [2.75, 3.05) is 0 Å². The van der Waals surface area contributed by atoms with Crippen LogP contribution in [0.5, 0.6) is 0 Å². The molecule has 86 valence electrons. The van der Waals surface area contributed by atoms with Crippen molar-refractivity contribution in [3.63, 3.8) is 0 Å². The van der Waals surface area contributed by atoms with Crippen LogP contribution in [0.2, 0.25) is 0 Å². The fourth-order valence-corrected chi connectivity index (χ4v) is 1.70. The average Bonchev–Trinajstić information content (AvgIpc) is 2.25. The summed E-state index contributed by atoms with van der Waals surface area (Å²) >= 11 is 1.49. The number of rotatable bonds is 4. The van der Waals surface area contributed by atoms with Crippen molar-refractivity contribution >= 4 is 11.8 Å². The van der Waals surface area contributed by atoms with Gasteiger partial charge in [-0.05, 0) is 36.8 Å². The molecule has 1 aromatic carbocycles. The van der Waals surface area contributed by atoms with Gasteiger partial charge in [0.15, 0.2) is 0 Å². The summed E-state index contributed by atoms with van der Waals surface area (Å²) in [6, 6.07) is 6.39. The van der Waals surface area contributed by atoms with Crippen LogP contribution < -0.4 is 11.5 Å². The standard InChI is InChI=1S/C12H15FN2S/c1-9(14)2-7-12(15)16-8-10-3-5-11(13)6-4-10/h2-7H,8,14-15H2,1H3/b9-2-,12-7+. The van der Waals surface area contributed by atoms with E-state index in [1.54, 1.807) is 31.2 Å². The Hall–Kier alpha value is -1.42. The number of allylic oxidation sites excluding steroid dienone is 3. The molecule has 4 N–H and O–H groups in total. The molecule has 1 aromatic rings. The lowest BCUT2D eigenvalue weighted by molar-refractivity contribution is 0.627. The second-order valence-corrected chi connectivity index (χ2v) is 4.44. The van der Waals surface area contributed by atoms with Crippen molar-refractivity contribution < 1.29 is 4.39 Å². The molecule has 0 heterocycles. The van der Waals surface area contributed by atoms with Crippen LogP contribution in [0.1, 0.15) is 12.5 Å². The lowest BCUT2D eigenvalue weighted by Gasteiger charge is -2.01. The van der Waals surface area contributed by atoms with Crippen LogP contribution >= 0.6 is 11.8 Å². The Labute approximate surface area is 99.2 Å². The highest BCUT2D eigenvalue weighted by molar-refractivity contribution is 8.02. The molecule has 0 unspecified atom stereocenters. The van der Waals surface area contributed by atoms with Gasteiger partial charge >= 0.3 is 0 Å². The molecule has 0 spiro atoms. The zero-order chi connectivity index (χ0) is 12.0. The quantitative estimate of drug-likeness (QED) is 0.793. The number of halogens is 1. The maximum absolute atomic E-state index is 12.6. The largest absolute Gasteiger partial charge is 0.402 e. The summed E-state index contributed by atoms with van der Waals surface area (Å²) in [4.78, 5) is 0. The minimum Gasteiger partial charge on any atom is -0.402 e. The number of benzene rings is 1. The fourth-order valence-electron chi connectivity index (χ4n) is 1.01. The summed E-state index contributed by atoms with van der Waals surface area (Å²) in [6.45, 7) is 1.80. The maximum atomic E-state index is 12.6. The van der Waals surface area contributed by atoms with E-state index in [9.17, 15) is 4.39 Å². The Kier molecular flexibility index (Phi) is 4.92. The molecule has 0 radical (unpaired) electrons. The number of thioether (sulfide) groups is 1. The smallest absolute Gasteiger partial charge is 0.123 e. The van der Waals surface area contributed by atoms with Gasteiger partial charge in [0.05, 0.1) is 5.03 Å². The highest BCUT2D eigenvalue weighted by Crippen LogP contribution is 2.17. The van der Waals surface area contributed by atoms with Crippen LogP contribution in [0.25, 0.3) is 0 Å². The molecular formula is C12H15FN2S. The van der Waals surface area contributed by atoms with Gasteiger partial charge in [-0.2, -0.15) is 0 Å². The Morgan fingerprint density at radius 1 is 1.25 bits per heavy atom. The van der Waals surface area contributed by atoms with Gasteiger partial charge in [-0.3, -0.25) is 0 Å². The Balaban J connectivity index is 2.48. The van der Waals surface area contributed by atoms with Crippen molar-refractivity contribution in [3.8, 4) is 0 Å². The normalized spacial score (nSPS) is 12.9. The van der Waals surface area contributed by atoms with E-state index in [0.29, 0.717) is 10.7 Å². The molecule has 0 aromatic heterocycles. The highest BCUT2D eigenvalue weighted by atomic mass is 32.2. The van der Waals surface area contributed by atoms with E-state index in [-0.39, 0.29) is 5.82 Å². The van der Waals surface area contributed by atoms with Crippen LogP contribution in [-0.2, 0) is 5.75 Å². The lowest BCUT2D eigenvalue weighted by Crippen LogP contribution is -1.94. The van der Waals surface area contributed by atoms with Gasteiger partial charge in [-0.1, -0.05) is 12.1 Å². The highest BCUT2D eigenvalue weighted by Gasteiger charge is 1.95. The zero-order valence-electron chi connectivity index (χ0n) is 9.11. The first kappa shape index (κ1) is 12.6. The van der Waals surface area contributed by atoms with Gasteiger partial charge in [-0.15, -0.1) is 11.8 Å². The summed E-state index contributed by atoms with van der Waals surface area (Å²) in [7, 11) is 0. The third kappa shape index (κ3) is 4.89. The summed E-state index contributed by atoms with van der Waals surface area (Å²) in [5, 5.41) is 0.689. The van der Waals surface area contributed by atoms with E-state index in [2.05, 4.69) is 0 Å². The van der Waals surface area contributed by atoms with Crippen LogP contribution in [0.15, 0.2) is 47.1 Å². The van der Waals surface area contributed by atoms with E-state index in [1.165, 1.54) is 23.9 Å². The minimum atomic E-state index is -0.223. The molecule has 1 rings (SSSR count). The van der Waals surface area contributed by atoms with Gasteiger partial charge in [-0.25, -0.2) is 4.39 Å². The molecule has 0 fully saturated rings. The van der Waals surface area contributed by atoms with Crippen molar-refractivity contribution in [1.82, 2.24) is 0 Å². The monoisotopic (exact) mass is 238 g/mol. The second kappa shape index (κ2) is 6.23. The lowest BCUT2D eigenvalue weighted by atomic mass is 10.2. The SMILES string of the molecule is C/C(N)=C/C=C(\N)SCc1ccc(F)cc1. The van der Waals surface area contributed by atoms with Gasteiger partial charge in [0.2, 0.25) is 0 Å². The number of hydrogen-bond donors (Lipinski definition) is 2. The van der Waals surface area contributed by atoms with Gasteiger partial charge in [0.25, 0.3) is 0 Å². The summed E-state index contributed by atoms with van der Waals surface area (Å²) in [5.41, 5.74) is 13.0.